The molecule has 1 saturated heterocycles. The molecule has 1 heterocycles. The van der Waals surface area contributed by atoms with Crippen molar-refractivity contribution in [2.45, 2.75) is 38.0 Å². The van der Waals surface area contributed by atoms with Crippen LogP contribution in [0, 0.1) is 0 Å². The van der Waals surface area contributed by atoms with Crippen molar-refractivity contribution in [3.63, 3.8) is 0 Å². The van der Waals surface area contributed by atoms with E-state index in [1.807, 2.05) is 52.2 Å². The van der Waals surface area contributed by atoms with Crippen LogP contribution in [0.25, 0.3) is 0 Å². The van der Waals surface area contributed by atoms with E-state index in [1.165, 1.54) is 0 Å². The van der Waals surface area contributed by atoms with Crippen molar-refractivity contribution in [2.75, 3.05) is 40.8 Å². The summed E-state index contributed by atoms with van der Waals surface area (Å²) in [4.78, 5) is 6.37. The lowest BCUT2D eigenvalue weighted by molar-refractivity contribution is 0.302. The summed E-state index contributed by atoms with van der Waals surface area (Å²) in [6.07, 6.45) is 8.98. The highest BCUT2D eigenvalue weighted by Crippen LogP contribution is 2.26. The molecule has 0 aromatic heterocycles. The molecule has 0 aromatic rings. The summed E-state index contributed by atoms with van der Waals surface area (Å²) in [6, 6.07) is 0.305. The summed E-state index contributed by atoms with van der Waals surface area (Å²) in [5, 5.41) is -0.480. The Hall–Kier alpha value is -1.44. The van der Waals surface area contributed by atoms with E-state index in [-0.39, 0.29) is 0 Å². The summed E-state index contributed by atoms with van der Waals surface area (Å²) < 4.78 is 32.7. The summed E-state index contributed by atoms with van der Waals surface area (Å²) in [6.45, 7) is 5.79. The quantitative estimate of drug-likeness (QED) is 0.523. The molecule has 7 heteroatoms. The number of likely N-dealkylation sites (N-methyl/N-ethyl adjacent to an activating group) is 1. The fraction of sp³-hybridized carbons (Fsp3) is 0.632. The van der Waals surface area contributed by atoms with Gasteiger partial charge in [0.05, 0.1) is 12.4 Å². The van der Waals surface area contributed by atoms with Gasteiger partial charge < -0.3 is 9.64 Å². The van der Waals surface area contributed by atoms with Gasteiger partial charge in [-0.05, 0) is 51.9 Å². The minimum Gasteiger partial charge on any atom is -0.481 e. The molecular weight excluding hydrogens is 350 g/mol. The molecule has 0 saturated carbocycles. The molecule has 2 aliphatic rings. The lowest BCUT2D eigenvalue weighted by atomic mass is 10.0. The maximum absolute atomic E-state index is 12.9. The van der Waals surface area contributed by atoms with Gasteiger partial charge in [-0.3, -0.25) is 4.99 Å². The van der Waals surface area contributed by atoms with Gasteiger partial charge in [0, 0.05) is 31.8 Å². The molecule has 1 aliphatic heterocycles. The Morgan fingerprint density at radius 3 is 2.69 bits per heavy atom. The van der Waals surface area contributed by atoms with Crippen molar-refractivity contribution in [3.05, 3.63) is 35.5 Å². The Labute approximate surface area is 158 Å². The second-order valence-corrected chi connectivity index (χ2v) is 9.10. The third-order valence-corrected chi connectivity index (χ3v) is 7.14. The molecule has 1 fully saturated rings. The first-order valence-corrected chi connectivity index (χ1v) is 10.6. The van der Waals surface area contributed by atoms with E-state index < -0.39 is 15.3 Å². The van der Waals surface area contributed by atoms with Crippen LogP contribution < -0.4 is 0 Å². The molecule has 0 N–H and O–H groups in total. The van der Waals surface area contributed by atoms with E-state index in [1.54, 1.807) is 11.4 Å². The average molecular weight is 382 g/mol. The zero-order valence-corrected chi connectivity index (χ0v) is 17.3. The number of ether oxygens (including phenoxy) is 1. The van der Waals surface area contributed by atoms with Crippen LogP contribution in [-0.4, -0.2) is 75.7 Å². The monoisotopic (exact) mass is 381 g/mol. The Bertz CT molecular complexity index is 720. The summed E-state index contributed by atoms with van der Waals surface area (Å²) in [7, 11) is 2.30. The predicted octanol–water partition coefficient (Wildman–Crippen LogP) is 2.22. The number of methoxy groups -OCH3 is 1. The van der Waals surface area contributed by atoms with E-state index in [9.17, 15) is 8.42 Å². The Kier molecular flexibility index (Phi) is 7.20. The summed E-state index contributed by atoms with van der Waals surface area (Å²) >= 11 is 0. The number of allylic oxidation sites excluding steroid dienone is 4. The average Bonchev–Trinajstić information content (AvgIpc) is 3.12. The van der Waals surface area contributed by atoms with Crippen molar-refractivity contribution in [2.24, 2.45) is 4.99 Å². The molecule has 0 aromatic carbocycles. The van der Waals surface area contributed by atoms with Gasteiger partial charge >= 0.3 is 0 Å². The van der Waals surface area contributed by atoms with Crippen LogP contribution in [0.2, 0.25) is 0 Å². The standard InChI is InChI=1S/C19H31N3O3S/c1-6-20-19(25-5)13-15(2)16-7-9-18(10-8-16)26(23,24)22-12-11-17(14-22)21(3)4/h7-9,13,17-18H,6,10-12,14H2,1-5H3/b15-13+,20-19?. The van der Waals surface area contributed by atoms with Crippen LogP contribution in [-0.2, 0) is 14.8 Å². The second-order valence-electron chi connectivity index (χ2n) is 6.95. The first-order chi connectivity index (χ1) is 12.3. The maximum Gasteiger partial charge on any atom is 0.220 e. The highest BCUT2D eigenvalue weighted by molar-refractivity contribution is 7.89. The zero-order valence-electron chi connectivity index (χ0n) is 16.5. The van der Waals surface area contributed by atoms with Crippen molar-refractivity contribution in [1.82, 2.24) is 9.21 Å². The van der Waals surface area contributed by atoms with Crippen LogP contribution in [0.3, 0.4) is 0 Å². The number of hydrogen-bond donors (Lipinski definition) is 0. The molecule has 0 amide bonds. The van der Waals surface area contributed by atoms with Crippen LogP contribution in [0.15, 0.2) is 40.4 Å². The first kappa shape index (κ1) is 20.9. The van der Waals surface area contributed by atoms with Gasteiger partial charge in [0.25, 0.3) is 0 Å². The van der Waals surface area contributed by atoms with Crippen LogP contribution >= 0.6 is 0 Å². The molecule has 26 heavy (non-hydrogen) atoms. The third-order valence-electron chi connectivity index (χ3n) is 4.98. The Morgan fingerprint density at radius 2 is 2.19 bits per heavy atom. The lowest BCUT2D eigenvalue weighted by Crippen LogP contribution is -2.39. The van der Waals surface area contributed by atoms with Gasteiger partial charge in [0.2, 0.25) is 15.9 Å². The topological polar surface area (TPSA) is 62.2 Å². The van der Waals surface area contributed by atoms with E-state index in [0.29, 0.717) is 38.0 Å². The van der Waals surface area contributed by atoms with Crippen LogP contribution in [0.4, 0.5) is 0 Å². The van der Waals surface area contributed by atoms with Gasteiger partial charge in [-0.2, -0.15) is 4.31 Å². The highest BCUT2D eigenvalue weighted by atomic mass is 32.2. The molecule has 0 spiro atoms. The van der Waals surface area contributed by atoms with E-state index in [4.69, 9.17) is 4.74 Å². The number of aliphatic imine (C=N–C) groups is 1. The second kappa shape index (κ2) is 8.97. The Morgan fingerprint density at radius 1 is 1.46 bits per heavy atom. The van der Waals surface area contributed by atoms with E-state index in [0.717, 1.165) is 17.6 Å². The molecule has 146 valence electrons. The van der Waals surface area contributed by atoms with E-state index >= 15 is 0 Å². The van der Waals surface area contributed by atoms with Crippen molar-refractivity contribution >= 4 is 15.9 Å². The normalized spacial score (nSPS) is 25.7. The van der Waals surface area contributed by atoms with Crippen LogP contribution in [0.5, 0.6) is 0 Å². The minimum atomic E-state index is -3.31. The smallest absolute Gasteiger partial charge is 0.220 e. The van der Waals surface area contributed by atoms with Gasteiger partial charge in [0.15, 0.2) is 0 Å². The number of sulfonamides is 1. The van der Waals surface area contributed by atoms with Gasteiger partial charge in [0.1, 0.15) is 0 Å². The number of nitrogens with zero attached hydrogens (tertiary/aromatic N) is 3. The van der Waals surface area contributed by atoms with Gasteiger partial charge in [-0.25, -0.2) is 8.42 Å². The molecule has 1 aliphatic carbocycles. The third kappa shape index (κ3) is 4.84. The van der Waals surface area contributed by atoms with Crippen molar-refractivity contribution < 1.29 is 13.2 Å². The number of rotatable bonds is 6. The molecule has 2 rings (SSSR count). The fourth-order valence-corrected chi connectivity index (χ4v) is 5.00. The van der Waals surface area contributed by atoms with E-state index in [2.05, 4.69) is 9.89 Å². The predicted molar refractivity (Wildman–Crippen MR) is 107 cm³/mol. The zero-order chi connectivity index (χ0) is 19.3. The molecule has 0 bridgehead atoms. The van der Waals surface area contributed by atoms with Gasteiger partial charge in [-0.1, -0.05) is 18.2 Å². The molecule has 2 unspecified atom stereocenters. The largest absolute Gasteiger partial charge is 0.481 e. The summed E-state index contributed by atoms with van der Waals surface area (Å²) in [5.41, 5.74) is 2.03. The molecule has 6 nitrogen and oxygen atoms in total. The molecular formula is C19H31N3O3S. The first-order valence-electron chi connectivity index (χ1n) is 9.10. The SMILES string of the molecule is CCN=C(/C=C(\C)C1=CCC(S(=O)(=O)N2CCC(N(C)C)C2)C=C1)OC. The van der Waals surface area contributed by atoms with Crippen molar-refractivity contribution in [3.8, 4) is 0 Å². The number of hydrogen-bond acceptors (Lipinski definition) is 5. The maximum atomic E-state index is 12.9. The molecule has 0 radical (unpaired) electrons. The fourth-order valence-electron chi connectivity index (χ4n) is 3.26. The lowest BCUT2D eigenvalue weighted by Gasteiger charge is -2.25. The molecule has 2 atom stereocenters. The minimum absolute atomic E-state index is 0.305. The van der Waals surface area contributed by atoms with Gasteiger partial charge in [-0.15, -0.1) is 0 Å². The Balaban J connectivity index is 2.06. The summed E-state index contributed by atoms with van der Waals surface area (Å²) in [5.74, 6) is 0.584. The van der Waals surface area contributed by atoms with Crippen LogP contribution in [0.1, 0.15) is 26.7 Å². The van der Waals surface area contributed by atoms with Crippen molar-refractivity contribution in [1.29, 1.82) is 0 Å². The highest BCUT2D eigenvalue weighted by Gasteiger charge is 2.36.